The lowest BCUT2D eigenvalue weighted by molar-refractivity contribution is -0.153. The highest BCUT2D eigenvalue weighted by atomic mass is 32.2. The van der Waals surface area contributed by atoms with Crippen LogP contribution in [-0.4, -0.2) is 44.5 Å². The highest BCUT2D eigenvalue weighted by molar-refractivity contribution is 7.89. The first kappa shape index (κ1) is 24.0. The highest BCUT2D eigenvalue weighted by Crippen LogP contribution is 2.31. The Balaban J connectivity index is 1.93. The largest absolute Gasteiger partial charge is 0.482 e. The molecule has 0 aromatic heterocycles. The normalized spacial score (nSPS) is 15.8. The van der Waals surface area contributed by atoms with Gasteiger partial charge in [0.15, 0.2) is 6.61 Å². The van der Waals surface area contributed by atoms with E-state index in [1.54, 1.807) is 0 Å². The van der Waals surface area contributed by atoms with E-state index in [9.17, 15) is 30.8 Å². The molecule has 2 aromatic rings. The molecule has 2 aromatic carbocycles. The fourth-order valence-electron chi connectivity index (χ4n) is 3.28. The zero-order valence-electron chi connectivity index (χ0n) is 17.0. The lowest BCUT2D eigenvalue weighted by Gasteiger charge is -2.21. The SMILES string of the molecule is O=C(Nc1cc(S(=O)(=O)N2CCCCCC2)ccc1OCC(F)(F)F)c1ccc(F)cc1. The molecule has 1 amide bonds. The minimum atomic E-state index is -4.63. The van der Waals surface area contributed by atoms with E-state index in [0.717, 1.165) is 43.2 Å². The number of ether oxygens (including phenoxy) is 1. The number of benzene rings is 2. The molecule has 11 heteroatoms. The fourth-order valence-corrected chi connectivity index (χ4v) is 4.82. The van der Waals surface area contributed by atoms with Crippen LogP contribution in [0.1, 0.15) is 36.0 Å². The van der Waals surface area contributed by atoms with E-state index in [1.807, 2.05) is 0 Å². The van der Waals surface area contributed by atoms with E-state index in [1.165, 1.54) is 16.4 Å². The van der Waals surface area contributed by atoms with E-state index in [2.05, 4.69) is 5.32 Å². The lowest BCUT2D eigenvalue weighted by Crippen LogP contribution is -2.32. The molecule has 0 unspecified atom stereocenters. The van der Waals surface area contributed by atoms with Gasteiger partial charge in [-0.25, -0.2) is 12.8 Å². The standard InChI is InChI=1S/C21H22F4N2O4S/c22-16-7-5-15(6-8-16)20(28)26-18-13-17(9-10-19(18)31-14-21(23,24)25)32(29,30)27-11-3-1-2-4-12-27/h5-10,13H,1-4,11-12,14H2,(H,26,28). The summed E-state index contributed by atoms with van der Waals surface area (Å²) >= 11 is 0. The van der Waals surface area contributed by atoms with Crippen LogP contribution in [0.25, 0.3) is 0 Å². The number of hydrogen-bond donors (Lipinski definition) is 1. The van der Waals surface area contributed by atoms with Gasteiger partial charge < -0.3 is 10.1 Å². The molecule has 6 nitrogen and oxygen atoms in total. The second-order valence-electron chi connectivity index (χ2n) is 7.34. The number of carbonyl (C=O) groups is 1. The van der Waals surface area contributed by atoms with Gasteiger partial charge in [0.25, 0.3) is 5.91 Å². The number of sulfonamides is 1. The van der Waals surface area contributed by atoms with E-state index in [0.29, 0.717) is 25.9 Å². The van der Waals surface area contributed by atoms with Crippen molar-refractivity contribution in [2.45, 2.75) is 36.8 Å². The topological polar surface area (TPSA) is 75.7 Å². The fraction of sp³-hybridized carbons (Fsp3) is 0.381. The number of hydrogen-bond acceptors (Lipinski definition) is 4. The summed E-state index contributed by atoms with van der Waals surface area (Å²) in [5.41, 5.74) is -0.201. The van der Waals surface area contributed by atoms with Gasteiger partial charge in [-0.3, -0.25) is 4.79 Å². The molecular weight excluding hydrogens is 452 g/mol. The highest BCUT2D eigenvalue weighted by Gasteiger charge is 2.30. The van der Waals surface area contributed by atoms with Crippen molar-refractivity contribution >= 4 is 21.6 Å². The average Bonchev–Trinajstić information content (AvgIpc) is 3.03. The van der Waals surface area contributed by atoms with Crippen LogP contribution in [0.4, 0.5) is 23.2 Å². The van der Waals surface area contributed by atoms with Gasteiger partial charge in [0, 0.05) is 18.7 Å². The zero-order valence-corrected chi connectivity index (χ0v) is 17.8. The molecular formula is C21H22F4N2O4S. The quantitative estimate of drug-likeness (QED) is 0.622. The zero-order chi connectivity index (χ0) is 23.4. The number of carbonyl (C=O) groups excluding carboxylic acids is 1. The third-order valence-electron chi connectivity index (χ3n) is 4.90. The summed E-state index contributed by atoms with van der Waals surface area (Å²) in [6.07, 6.45) is -1.39. The predicted molar refractivity (Wildman–Crippen MR) is 110 cm³/mol. The Hall–Kier alpha value is -2.66. The van der Waals surface area contributed by atoms with E-state index < -0.39 is 34.5 Å². The van der Waals surface area contributed by atoms with Crippen LogP contribution in [-0.2, 0) is 10.0 Å². The molecule has 1 saturated heterocycles. The summed E-state index contributed by atoms with van der Waals surface area (Å²) in [7, 11) is -3.92. The predicted octanol–water partition coefficient (Wildman–Crippen LogP) is 4.58. The second kappa shape index (κ2) is 9.86. The van der Waals surface area contributed by atoms with Crippen LogP contribution < -0.4 is 10.1 Å². The van der Waals surface area contributed by atoms with Gasteiger partial charge in [-0.05, 0) is 55.3 Å². The Labute approximate surface area is 183 Å². The van der Waals surface area contributed by atoms with E-state index in [4.69, 9.17) is 4.74 Å². The maximum atomic E-state index is 13.1. The van der Waals surface area contributed by atoms with Crippen LogP contribution in [0.5, 0.6) is 5.75 Å². The number of halogens is 4. The molecule has 1 heterocycles. The summed E-state index contributed by atoms with van der Waals surface area (Å²) in [5, 5.41) is 2.37. The first-order valence-corrected chi connectivity index (χ1v) is 11.4. The maximum absolute atomic E-state index is 13.1. The lowest BCUT2D eigenvalue weighted by atomic mass is 10.2. The number of alkyl halides is 3. The van der Waals surface area contributed by atoms with Gasteiger partial charge >= 0.3 is 6.18 Å². The first-order chi connectivity index (χ1) is 15.1. The summed E-state index contributed by atoms with van der Waals surface area (Å²) in [4.78, 5) is 12.3. The molecule has 3 rings (SSSR count). The summed E-state index contributed by atoms with van der Waals surface area (Å²) in [6, 6.07) is 7.80. The first-order valence-electron chi connectivity index (χ1n) is 9.97. The van der Waals surface area contributed by atoms with Gasteiger partial charge in [0.2, 0.25) is 10.0 Å². The van der Waals surface area contributed by atoms with E-state index in [-0.39, 0.29) is 21.9 Å². The summed E-state index contributed by atoms with van der Waals surface area (Å²) < 4.78 is 83.3. The average molecular weight is 474 g/mol. The number of amides is 1. The van der Waals surface area contributed by atoms with Crippen molar-refractivity contribution in [2.75, 3.05) is 25.0 Å². The molecule has 0 atom stereocenters. The van der Waals surface area contributed by atoms with Crippen LogP contribution in [0, 0.1) is 5.82 Å². The molecule has 0 bridgehead atoms. The summed E-state index contributed by atoms with van der Waals surface area (Å²) in [5.74, 6) is -1.67. The van der Waals surface area contributed by atoms with Gasteiger partial charge in [0.05, 0.1) is 10.6 Å². The van der Waals surface area contributed by atoms with Gasteiger partial charge in [-0.1, -0.05) is 12.8 Å². The molecule has 0 saturated carbocycles. The van der Waals surface area contributed by atoms with Crippen LogP contribution in [0.2, 0.25) is 0 Å². The van der Waals surface area contributed by atoms with Crippen molar-refractivity contribution in [1.82, 2.24) is 4.31 Å². The monoisotopic (exact) mass is 474 g/mol. The molecule has 0 radical (unpaired) electrons. The van der Waals surface area contributed by atoms with E-state index >= 15 is 0 Å². The Morgan fingerprint density at radius 2 is 1.62 bits per heavy atom. The second-order valence-corrected chi connectivity index (χ2v) is 9.28. The van der Waals surface area contributed by atoms with Crippen LogP contribution >= 0.6 is 0 Å². The smallest absolute Gasteiger partial charge is 0.422 e. The van der Waals surface area contributed by atoms with Crippen molar-refractivity contribution in [3.63, 3.8) is 0 Å². The molecule has 0 spiro atoms. The Bertz CT molecular complexity index is 1050. The van der Waals surface area contributed by atoms with Crippen LogP contribution in [0.15, 0.2) is 47.4 Å². The Morgan fingerprint density at radius 1 is 1.00 bits per heavy atom. The molecule has 32 heavy (non-hydrogen) atoms. The number of anilines is 1. The number of rotatable bonds is 6. The minimum absolute atomic E-state index is 0.0361. The van der Waals surface area contributed by atoms with Crippen molar-refractivity contribution in [1.29, 1.82) is 0 Å². The Kier molecular flexibility index (Phi) is 7.40. The van der Waals surface area contributed by atoms with Crippen LogP contribution in [0.3, 0.4) is 0 Å². The summed E-state index contributed by atoms with van der Waals surface area (Å²) in [6.45, 7) is -0.942. The molecule has 1 aliphatic heterocycles. The van der Waals surface area contributed by atoms with Crippen molar-refractivity contribution in [3.05, 3.63) is 53.8 Å². The molecule has 174 valence electrons. The number of nitrogens with one attached hydrogen (secondary N) is 1. The molecule has 1 aliphatic rings. The third kappa shape index (κ3) is 6.19. The molecule has 1 N–H and O–H groups in total. The molecule has 0 aliphatic carbocycles. The minimum Gasteiger partial charge on any atom is -0.482 e. The van der Waals surface area contributed by atoms with Crippen molar-refractivity contribution in [3.8, 4) is 5.75 Å². The van der Waals surface area contributed by atoms with Gasteiger partial charge in [0.1, 0.15) is 11.6 Å². The number of nitrogens with zero attached hydrogens (tertiary/aromatic N) is 1. The third-order valence-corrected chi connectivity index (χ3v) is 6.79. The van der Waals surface area contributed by atoms with Crippen molar-refractivity contribution < 1.29 is 35.5 Å². The maximum Gasteiger partial charge on any atom is 0.422 e. The Morgan fingerprint density at radius 3 is 2.22 bits per heavy atom. The van der Waals surface area contributed by atoms with Gasteiger partial charge in [-0.2, -0.15) is 17.5 Å². The van der Waals surface area contributed by atoms with Gasteiger partial charge in [-0.15, -0.1) is 0 Å². The molecule has 1 fully saturated rings. The van der Waals surface area contributed by atoms with Crippen molar-refractivity contribution in [2.24, 2.45) is 0 Å².